The largest absolute Gasteiger partial charge is 0.462 e. The summed E-state index contributed by atoms with van der Waals surface area (Å²) in [7, 11) is 0. The first-order valence-electron chi connectivity index (χ1n) is 7.70. The van der Waals surface area contributed by atoms with E-state index in [1.165, 1.54) is 0 Å². The summed E-state index contributed by atoms with van der Waals surface area (Å²) in [6, 6.07) is 6.88. The van der Waals surface area contributed by atoms with Crippen LogP contribution < -0.4 is 0 Å². The molecule has 4 rings (SSSR count). The second-order valence-corrected chi connectivity index (χ2v) is 7.38. The van der Waals surface area contributed by atoms with Crippen molar-refractivity contribution in [1.29, 1.82) is 0 Å². The maximum absolute atomic E-state index is 12.4. The monoisotopic (exact) mass is 378 g/mol. The first kappa shape index (κ1) is 14.9. The van der Waals surface area contributed by atoms with Crippen LogP contribution in [-0.2, 0) is 19.1 Å². The number of hydrogen-bond acceptors (Lipinski definition) is 5. The maximum atomic E-state index is 12.4. The number of carbonyl (C=O) groups is 3. The Morgan fingerprint density at radius 1 is 1.22 bits per heavy atom. The molecule has 23 heavy (non-hydrogen) atoms. The maximum Gasteiger partial charge on any atom is 0.310 e. The fourth-order valence-electron chi connectivity index (χ4n) is 4.28. The number of ether oxygens (including phenoxy) is 2. The number of ketones is 1. The minimum atomic E-state index is -0.441. The fourth-order valence-corrected chi connectivity index (χ4v) is 4.54. The molecule has 1 saturated heterocycles. The summed E-state index contributed by atoms with van der Waals surface area (Å²) in [6.07, 6.45) is 1.58. The van der Waals surface area contributed by atoms with Gasteiger partial charge in [0.25, 0.3) is 0 Å². The highest BCUT2D eigenvalue weighted by Gasteiger charge is 2.64. The van der Waals surface area contributed by atoms with E-state index in [2.05, 4.69) is 15.9 Å². The topological polar surface area (TPSA) is 69.7 Å². The van der Waals surface area contributed by atoms with Crippen molar-refractivity contribution in [3.63, 3.8) is 0 Å². The van der Waals surface area contributed by atoms with E-state index in [0.717, 1.165) is 17.3 Å². The SMILES string of the molecule is O=C(COC(=O)[C@H]1[C@@H]2C[C@@H]3[C@@H]1C(=O)O[C@@H]3C2)c1ccc(Br)cc1. The molecule has 1 aromatic carbocycles. The van der Waals surface area contributed by atoms with Crippen LogP contribution in [0.1, 0.15) is 23.2 Å². The quantitative estimate of drug-likeness (QED) is 0.594. The minimum absolute atomic E-state index is 0.00838. The van der Waals surface area contributed by atoms with Crippen molar-refractivity contribution >= 4 is 33.7 Å². The molecule has 2 saturated carbocycles. The van der Waals surface area contributed by atoms with Gasteiger partial charge in [0.2, 0.25) is 0 Å². The molecule has 3 fully saturated rings. The zero-order chi connectivity index (χ0) is 16.1. The number of halogens is 1. The third-order valence-electron chi connectivity index (χ3n) is 5.27. The van der Waals surface area contributed by atoms with Crippen LogP contribution in [0.25, 0.3) is 0 Å². The van der Waals surface area contributed by atoms with Gasteiger partial charge in [0, 0.05) is 16.0 Å². The van der Waals surface area contributed by atoms with Gasteiger partial charge in [0.05, 0.1) is 11.8 Å². The molecule has 0 spiro atoms. The van der Waals surface area contributed by atoms with Crippen molar-refractivity contribution in [2.45, 2.75) is 18.9 Å². The van der Waals surface area contributed by atoms with Crippen molar-refractivity contribution in [1.82, 2.24) is 0 Å². The molecule has 5 atom stereocenters. The molecular weight excluding hydrogens is 364 g/mol. The highest BCUT2D eigenvalue weighted by atomic mass is 79.9. The summed E-state index contributed by atoms with van der Waals surface area (Å²) >= 11 is 3.30. The number of rotatable bonds is 4. The van der Waals surface area contributed by atoms with Gasteiger partial charge in [-0.3, -0.25) is 14.4 Å². The van der Waals surface area contributed by atoms with Crippen LogP contribution in [-0.4, -0.2) is 30.4 Å². The Kier molecular flexibility index (Phi) is 3.52. The number of carbonyl (C=O) groups excluding carboxylic acids is 3. The molecule has 3 aliphatic rings. The first-order valence-corrected chi connectivity index (χ1v) is 8.50. The predicted molar refractivity (Wildman–Crippen MR) is 82.5 cm³/mol. The highest BCUT2D eigenvalue weighted by molar-refractivity contribution is 9.10. The van der Waals surface area contributed by atoms with Gasteiger partial charge in [-0.2, -0.15) is 0 Å². The lowest BCUT2D eigenvalue weighted by Gasteiger charge is -2.22. The van der Waals surface area contributed by atoms with E-state index in [-0.39, 0.29) is 42.2 Å². The number of hydrogen-bond donors (Lipinski definition) is 0. The average Bonchev–Trinajstić information content (AvgIpc) is 3.14. The molecule has 0 amide bonds. The van der Waals surface area contributed by atoms with Gasteiger partial charge in [-0.15, -0.1) is 0 Å². The van der Waals surface area contributed by atoms with Crippen molar-refractivity contribution in [2.75, 3.05) is 6.61 Å². The Morgan fingerprint density at radius 2 is 1.96 bits per heavy atom. The van der Waals surface area contributed by atoms with Gasteiger partial charge in [0.15, 0.2) is 12.4 Å². The first-order chi connectivity index (χ1) is 11.0. The molecule has 1 aliphatic heterocycles. The summed E-state index contributed by atoms with van der Waals surface area (Å²) in [6.45, 7) is -0.292. The lowest BCUT2D eigenvalue weighted by molar-refractivity contribution is -0.154. The third kappa shape index (κ3) is 2.40. The second-order valence-electron chi connectivity index (χ2n) is 6.46. The standard InChI is InChI=1S/C17H15BrO5/c18-10-3-1-8(2-4-10)12(19)7-22-16(20)14-9-5-11-13(6-9)23-17(21)15(11)14/h1-4,9,11,13-15H,5-7H2/t9-,11+,13-,14+,15+/m1/s1. The lowest BCUT2D eigenvalue weighted by atomic mass is 9.80. The van der Waals surface area contributed by atoms with Gasteiger partial charge in [-0.05, 0) is 30.9 Å². The summed E-state index contributed by atoms with van der Waals surface area (Å²) in [5.41, 5.74) is 0.495. The Morgan fingerprint density at radius 3 is 2.70 bits per heavy atom. The summed E-state index contributed by atoms with van der Waals surface area (Å²) in [4.78, 5) is 36.3. The number of fused-ring (bicyclic) bond motifs is 1. The Labute approximate surface area is 141 Å². The van der Waals surface area contributed by atoms with Crippen LogP contribution in [0.4, 0.5) is 0 Å². The summed E-state index contributed by atoms with van der Waals surface area (Å²) < 4.78 is 11.4. The van der Waals surface area contributed by atoms with E-state index in [0.29, 0.717) is 5.56 Å². The van der Waals surface area contributed by atoms with Crippen LogP contribution in [0.2, 0.25) is 0 Å². The second kappa shape index (κ2) is 5.44. The van der Waals surface area contributed by atoms with E-state index in [9.17, 15) is 14.4 Å². The molecular formula is C17H15BrO5. The predicted octanol–water partition coefficient (Wildman–Crippen LogP) is 2.37. The van der Waals surface area contributed by atoms with Crippen LogP contribution in [0, 0.1) is 23.7 Å². The fraction of sp³-hybridized carbons (Fsp3) is 0.471. The van der Waals surface area contributed by atoms with E-state index < -0.39 is 11.9 Å². The van der Waals surface area contributed by atoms with E-state index in [1.54, 1.807) is 24.3 Å². The van der Waals surface area contributed by atoms with Crippen LogP contribution in [0.5, 0.6) is 0 Å². The Bertz CT molecular complexity index is 681. The number of benzene rings is 1. The molecule has 1 aromatic rings. The van der Waals surface area contributed by atoms with Crippen LogP contribution in [0.15, 0.2) is 28.7 Å². The van der Waals surface area contributed by atoms with Gasteiger partial charge < -0.3 is 9.47 Å². The molecule has 0 unspecified atom stereocenters. The lowest BCUT2D eigenvalue weighted by Crippen LogP contribution is -2.34. The third-order valence-corrected chi connectivity index (χ3v) is 5.80. The zero-order valence-corrected chi connectivity index (χ0v) is 13.8. The van der Waals surface area contributed by atoms with Crippen LogP contribution in [0.3, 0.4) is 0 Å². The van der Waals surface area contributed by atoms with Gasteiger partial charge in [-0.1, -0.05) is 28.1 Å². The molecule has 0 aromatic heterocycles. The van der Waals surface area contributed by atoms with Crippen LogP contribution >= 0.6 is 15.9 Å². The van der Waals surface area contributed by atoms with Gasteiger partial charge in [-0.25, -0.2) is 0 Å². The van der Waals surface area contributed by atoms with Crippen molar-refractivity contribution in [3.8, 4) is 0 Å². The molecule has 5 nitrogen and oxygen atoms in total. The number of esters is 2. The Hall–Kier alpha value is -1.69. The van der Waals surface area contributed by atoms with Gasteiger partial charge in [0.1, 0.15) is 6.10 Å². The molecule has 0 radical (unpaired) electrons. The molecule has 120 valence electrons. The smallest absolute Gasteiger partial charge is 0.310 e. The summed E-state index contributed by atoms with van der Waals surface area (Å²) in [5.74, 6) is -1.46. The van der Waals surface area contributed by atoms with E-state index in [4.69, 9.17) is 9.47 Å². The highest BCUT2D eigenvalue weighted by Crippen LogP contribution is 2.57. The normalized spacial score (nSPS) is 33.6. The minimum Gasteiger partial charge on any atom is -0.462 e. The van der Waals surface area contributed by atoms with Gasteiger partial charge >= 0.3 is 11.9 Å². The van der Waals surface area contributed by atoms with Crippen molar-refractivity contribution in [2.24, 2.45) is 23.7 Å². The zero-order valence-electron chi connectivity index (χ0n) is 12.2. The molecule has 6 heteroatoms. The van der Waals surface area contributed by atoms with Crippen molar-refractivity contribution < 1.29 is 23.9 Å². The Balaban J connectivity index is 1.40. The summed E-state index contributed by atoms with van der Waals surface area (Å²) in [5, 5.41) is 0. The van der Waals surface area contributed by atoms with E-state index in [1.807, 2.05) is 0 Å². The average molecular weight is 379 g/mol. The van der Waals surface area contributed by atoms with Crippen molar-refractivity contribution in [3.05, 3.63) is 34.3 Å². The molecule has 0 N–H and O–H groups in total. The molecule has 1 heterocycles. The van der Waals surface area contributed by atoms with E-state index >= 15 is 0 Å². The molecule has 2 bridgehead atoms. The number of Topliss-reactive ketones (excluding diaryl/α,β-unsaturated/α-hetero) is 1. The molecule has 2 aliphatic carbocycles.